The minimum Gasteiger partial charge on any atom is -0.456 e. The molecule has 2 aliphatic rings. The van der Waals surface area contributed by atoms with Crippen molar-refractivity contribution in [1.29, 1.82) is 0 Å². The van der Waals surface area contributed by atoms with Gasteiger partial charge in [-0.2, -0.15) is 0 Å². The normalized spacial score (nSPS) is 21.5. The number of hydrogen-bond donors (Lipinski definition) is 0. The van der Waals surface area contributed by atoms with Crippen LogP contribution in [0.5, 0.6) is 0 Å². The number of esters is 1. The average Bonchev–Trinajstić information content (AvgIpc) is 3.05. The van der Waals surface area contributed by atoms with E-state index in [4.69, 9.17) is 9.16 Å². The van der Waals surface area contributed by atoms with Crippen molar-refractivity contribution in [2.75, 3.05) is 6.26 Å². The lowest BCUT2D eigenvalue weighted by Gasteiger charge is -2.48. The van der Waals surface area contributed by atoms with Crippen molar-refractivity contribution in [2.24, 2.45) is 5.92 Å². The first-order chi connectivity index (χ1) is 15.3. The van der Waals surface area contributed by atoms with Gasteiger partial charge in [-0.25, -0.2) is 4.79 Å². The van der Waals surface area contributed by atoms with E-state index in [-0.39, 0.29) is 41.3 Å². The topological polar surface area (TPSA) is 99.0 Å². The molecule has 3 atom stereocenters. The Morgan fingerprint density at radius 3 is 2.42 bits per heavy atom. The minimum atomic E-state index is -2.04. The molecule has 0 spiro atoms. The maximum Gasteiger partial charge on any atom is 0.356 e. The quantitative estimate of drug-likeness (QED) is 0.168. The van der Waals surface area contributed by atoms with Gasteiger partial charge in [0.05, 0.1) is 23.0 Å². The van der Waals surface area contributed by atoms with E-state index >= 15 is 0 Å². The predicted molar refractivity (Wildman–Crippen MR) is 130 cm³/mol. The van der Waals surface area contributed by atoms with Crippen LogP contribution in [0.4, 0.5) is 5.69 Å². The van der Waals surface area contributed by atoms with Crippen molar-refractivity contribution in [3.63, 3.8) is 0 Å². The summed E-state index contributed by atoms with van der Waals surface area (Å²) in [5.74, 6) is -0.927. The van der Waals surface area contributed by atoms with Crippen LogP contribution < -0.4 is 0 Å². The van der Waals surface area contributed by atoms with Crippen LogP contribution >= 0.6 is 11.8 Å². The summed E-state index contributed by atoms with van der Waals surface area (Å²) in [6, 6.07) is 5.75. The number of nitro benzene ring substituents is 1. The lowest BCUT2D eigenvalue weighted by Crippen LogP contribution is -2.63. The summed E-state index contributed by atoms with van der Waals surface area (Å²) in [6.45, 7) is 12.8. The molecule has 1 fully saturated rings. The zero-order chi connectivity index (χ0) is 24.7. The molecule has 2 aliphatic heterocycles. The van der Waals surface area contributed by atoms with Crippen LogP contribution in [0.1, 0.15) is 39.7 Å². The van der Waals surface area contributed by atoms with Gasteiger partial charge in [0.25, 0.3) is 5.69 Å². The van der Waals surface area contributed by atoms with Gasteiger partial charge < -0.3 is 14.1 Å². The van der Waals surface area contributed by atoms with Crippen LogP contribution in [0, 0.1) is 16.0 Å². The van der Waals surface area contributed by atoms with E-state index in [0.717, 1.165) is 4.91 Å². The Bertz CT molecular complexity index is 986. The molecular formula is C23H32N2O6SSi. The third-order valence-corrected chi connectivity index (χ3v) is 12.3. The molecule has 180 valence electrons. The molecule has 10 heteroatoms. The molecule has 2 heterocycles. The second-order valence-electron chi connectivity index (χ2n) is 10.1. The number of non-ortho nitro benzene ring substituents is 1. The Labute approximate surface area is 200 Å². The van der Waals surface area contributed by atoms with Crippen molar-refractivity contribution in [3.05, 3.63) is 50.5 Å². The highest BCUT2D eigenvalue weighted by atomic mass is 32.2. The van der Waals surface area contributed by atoms with E-state index in [9.17, 15) is 19.7 Å². The molecule has 0 aliphatic carbocycles. The van der Waals surface area contributed by atoms with E-state index in [1.165, 1.54) is 23.9 Å². The van der Waals surface area contributed by atoms with Crippen LogP contribution in [0.2, 0.25) is 18.1 Å². The van der Waals surface area contributed by atoms with Gasteiger partial charge in [-0.3, -0.25) is 14.9 Å². The SMILES string of the molecule is CSC1=C(C(=O)OCc2ccc([N+](=O)[O-])cc2)N2C(=O)C(C(C)O[Si](C)(C)C(C)(C)C)[C@H]2C1. The van der Waals surface area contributed by atoms with Gasteiger partial charge >= 0.3 is 5.97 Å². The number of β-lactam (4-membered cyclic amide) rings is 1. The summed E-state index contributed by atoms with van der Waals surface area (Å²) >= 11 is 1.45. The first-order valence-electron chi connectivity index (χ1n) is 11.0. The summed E-state index contributed by atoms with van der Waals surface area (Å²) in [7, 11) is -2.04. The maximum atomic E-state index is 13.1. The predicted octanol–water partition coefficient (Wildman–Crippen LogP) is 4.85. The zero-order valence-corrected chi connectivity index (χ0v) is 22.0. The number of carbonyl (C=O) groups excluding carboxylic acids is 2. The van der Waals surface area contributed by atoms with Crippen molar-refractivity contribution >= 4 is 37.6 Å². The molecule has 1 aromatic carbocycles. The molecule has 0 aromatic heterocycles. The molecule has 0 N–H and O–H groups in total. The van der Waals surface area contributed by atoms with Crippen molar-refractivity contribution in [2.45, 2.75) is 71.0 Å². The van der Waals surface area contributed by atoms with Gasteiger partial charge in [-0.15, -0.1) is 11.8 Å². The molecule has 8 nitrogen and oxygen atoms in total. The fourth-order valence-electron chi connectivity index (χ4n) is 4.03. The van der Waals surface area contributed by atoms with Gasteiger partial charge in [0.2, 0.25) is 5.91 Å². The Hall–Kier alpha value is -2.17. The van der Waals surface area contributed by atoms with Crippen LogP contribution in [0.3, 0.4) is 0 Å². The van der Waals surface area contributed by atoms with Gasteiger partial charge in [-0.1, -0.05) is 20.8 Å². The smallest absolute Gasteiger partial charge is 0.356 e. The third kappa shape index (κ3) is 4.88. The zero-order valence-electron chi connectivity index (χ0n) is 20.2. The van der Waals surface area contributed by atoms with Crippen molar-refractivity contribution in [1.82, 2.24) is 4.90 Å². The lowest BCUT2D eigenvalue weighted by atomic mass is 9.83. The molecule has 2 unspecified atom stereocenters. The minimum absolute atomic E-state index is 0.0248. The van der Waals surface area contributed by atoms with E-state index in [1.807, 2.05) is 13.2 Å². The number of rotatable bonds is 8. The summed E-state index contributed by atoms with van der Waals surface area (Å²) < 4.78 is 12.0. The molecule has 0 radical (unpaired) electrons. The second-order valence-corrected chi connectivity index (χ2v) is 15.7. The van der Waals surface area contributed by atoms with E-state index in [1.54, 1.807) is 17.0 Å². The third-order valence-electron chi connectivity index (χ3n) is 6.92. The number of amides is 1. The van der Waals surface area contributed by atoms with Gasteiger partial charge in [0, 0.05) is 23.5 Å². The van der Waals surface area contributed by atoms with Gasteiger partial charge in [0.15, 0.2) is 8.32 Å². The molecule has 3 rings (SSSR count). The molecule has 0 saturated carbocycles. The van der Waals surface area contributed by atoms with Crippen LogP contribution in [0.15, 0.2) is 34.9 Å². The molecule has 1 aromatic rings. The highest BCUT2D eigenvalue weighted by Crippen LogP contribution is 2.48. The van der Waals surface area contributed by atoms with Crippen LogP contribution in [0.25, 0.3) is 0 Å². The van der Waals surface area contributed by atoms with E-state index in [2.05, 4.69) is 33.9 Å². The number of carbonyl (C=O) groups is 2. The second kappa shape index (κ2) is 9.23. The number of benzene rings is 1. The van der Waals surface area contributed by atoms with Crippen molar-refractivity contribution in [3.8, 4) is 0 Å². The number of thioether (sulfide) groups is 1. The fraction of sp³-hybridized carbons (Fsp3) is 0.565. The van der Waals surface area contributed by atoms with Crippen LogP contribution in [-0.4, -0.2) is 48.4 Å². The highest BCUT2D eigenvalue weighted by Gasteiger charge is 2.58. The van der Waals surface area contributed by atoms with Gasteiger partial charge in [0.1, 0.15) is 12.3 Å². The average molecular weight is 493 g/mol. The molecule has 1 saturated heterocycles. The van der Waals surface area contributed by atoms with E-state index in [0.29, 0.717) is 17.7 Å². The molecular weight excluding hydrogens is 460 g/mol. The fourth-order valence-corrected chi connectivity index (χ4v) is 6.18. The van der Waals surface area contributed by atoms with E-state index < -0.39 is 19.2 Å². The Balaban J connectivity index is 1.68. The number of fused-ring (bicyclic) bond motifs is 1. The Morgan fingerprint density at radius 1 is 1.30 bits per heavy atom. The first kappa shape index (κ1) is 25.4. The number of hydrogen-bond acceptors (Lipinski definition) is 7. The number of ether oxygens (including phenoxy) is 1. The van der Waals surface area contributed by atoms with Crippen molar-refractivity contribution < 1.29 is 23.7 Å². The number of nitro groups is 1. The summed E-state index contributed by atoms with van der Waals surface area (Å²) in [4.78, 5) is 38.8. The summed E-state index contributed by atoms with van der Waals surface area (Å²) in [5, 5.41) is 10.8. The lowest BCUT2D eigenvalue weighted by molar-refractivity contribution is -0.384. The summed E-state index contributed by atoms with van der Waals surface area (Å²) in [6.07, 6.45) is 2.28. The largest absolute Gasteiger partial charge is 0.456 e. The Morgan fingerprint density at radius 2 is 1.91 bits per heavy atom. The maximum absolute atomic E-state index is 13.1. The highest BCUT2D eigenvalue weighted by molar-refractivity contribution is 8.02. The molecule has 0 bridgehead atoms. The standard InChI is InChI=1S/C23H32N2O6SSi/c1-14(31-33(6,7)23(2,3)4)19-17-12-18(32-5)20(24(17)21(19)26)22(27)30-13-15-8-10-16(11-9-15)25(28)29/h8-11,14,17,19H,12-13H2,1-7H3/t14?,17-,19?/m1/s1. The number of nitrogens with zero attached hydrogens (tertiary/aromatic N) is 2. The van der Waals surface area contributed by atoms with Crippen LogP contribution in [-0.2, 0) is 25.4 Å². The van der Waals surface area contributed by atoms with Gasteiger partial charge in [-0.05, 0) is 49.0 Å². The summed E-state index contributed by atoms with van der Waals surface area (Å²) in [5.41, 5.74) is 0.927. The molecule has 33 heavy (non-hydrogen) atoms. The Kier molecular flexibility index (Phi) is 7.12. The first-order valence-corrected chi connectivity index (χ1v) is 15.1. The monoisotopic (exact) mass is 492 g/mol. The molecule has 1 amide bonds.